The molecule has 0 spiro atoms. The van der Waals surface area contributed by atoms with Crippen LogP contribution in [0.3, 0.4) is 0 Å². The highest BCUT2D eigenvalue weighted by atomic mass is 16.3. The molecule has 1 aromatic carbocycles. The van der Waals surface area contributed by atoms with Crippen molar-refractivity contribution in [2.75, 3.05) is 18.4 Å². The highest BCUT2D eigenvalue weighted by molar-refractivity contribution is 5.93. The molecule has 30 heavy (non-hydrogen) atoms. The zero-order chi connectivity index (χ0) is 20.5. The summed E-state index contributed by atoms with van der Waals surface area (Å²) in [7, 11) is 0. The lowest BCUT2D eigenvalue weighted by molar-refractivity contribution is -0.137. The maximum Gasteiger partial charge on any atom is 0.241 e. The van der Waals surface area contributed by atoms with Crippen LogP contribution in [-0.4, -0.2) is 41.9 Å². The third kappa shape index (κ3) is 3.75. The minimum Gasteiger partial charge on any atom is -0.464 e. The van der Waals surface area contributed by atoms with Crippen LogP contribution < -0.4 is 16.2 Å². The van der Waals surface area contributed by atoms with Gasteiger partial charge >= 0.3 is 0 Å². The van der Waals surface area contributed by atoms with E-state index in [4.69, 9.17) is 4.42 Å². The van der Waals surface area contributed by atoms with Gasteiger partial charge in [0.25, 0.3) is 0 Å². The Morgan fingerprint density at radius 3 is 2.70 bits per heavy atom. The third-order valence-corrected chi connectivity index (χ3v) is 6.75. The molecule has 7 nitrogen and oxygen atoms in total. The minimum atomic E-state index is -0.179. The fourth-order valence-electron chi connectivity index (χ4n) is 5.11. The molecule has 2 amide bonds. The first-order valence-corrected chi connectivity index (χ1v) is 10.9. The van der Waals surface area contributed by atoms with E-state index in [1.165, 1.54) is 6.42 Å². The number of likely N-dealkylation sites (tertiary alicyclic amines) is 1. The lowest BCUT2D eigenvalue weighted by Crippen LogP contribution is -2.52. The summed E-state index contributed by atoms with van der Waals surface area (Å²) in [5.41, 5.74) is 8.22. The van der Waals surface area contributed by atoms with Crippen molar-refractivity contribution < 1.29 is 14.0 Å². The number of fused-ring (bicyclic) bond motifs is 1. The van der Waals surface area contributed by atoms with Crippen molar-refractivity contribution >= 4 is 17.5 Å². The molecule has 3 aliphatic rings. The summed E-state index contributed by atoms with van der Waals surface area (Å²) in [6, 6.07) is 11.6. The van der Waals surface area contributed by atoms with Gasteiger partial charge in [-0.15, -0.1) is 0 Å². The Hall–Kier alpha value is -2.64. The fourth-order valence-corrected chi connectivity index (χ4v) is 5.11. The number of carbonyl (C=O) groups is 2. The minimum absolute atomic E-state index is 0.0190. The average Bonchev–Trinajstić information content (AvgIpc) is 3.52. The van der Waals surface area contributed by atoms with E-state index in [-0.39, 0.29) is 23.8 Å². The van der Waals surface area contributed by atoms with E-state index in [0.29, 0.717) is 18.5 Å². The van der Waals surface area contributed by atoms with E-state index in [2.05, 4.69) is 16.2 Å². The molecule has 1 aliphatic carbocycles. The molecule has 7 heteroatoms. The van der Waals surface area contributed by atoms with Crippen LogP contribution in [0.4, 0.5) is 5.69 Å². The van der Waals surface area contributed by atoms with Crippen LogP contribution in [-0.2, 0) is 9.59 Å². The van der Waals surface area contributed by atoms with E-state index >= 15 is 0 Å². The summed E-state index contributed by atoms with van der Waals surface area (Å²) >= 11 is 0. The Morgan fingerprint density at radius 1 is 1.03 bits per heavy atom. The molecular formula is C23H28N4O3. The van der Waals surface area contributed by atoms with Crippen LogP contribution >= 0.6 is 0 Å². The van der Waals surface area contributed by atoms with Gasteiger partial charge in [0, 0.05) is 36.3 Å². The summed E-state index contributed by atoms with van der Waals surface area (Å²) < 4.78 is 5.40. The maximum atomic E-state index is 13.1. The molecule has 1 saturated carbocycles. The van der Waals surface area contributed by atoms with Gasteiger partial charge in [-0.1, -0.05) is 6.42 Å². The first-order valence-electron chi connectivity index (χ1n) is 10.9. The van der Waals surface area contributed by atoms with Gasteiger partial charge in [0.05, 0.1) is 12.2 Å². The van der Waals surface area contributed by atoms with Crippen LogP contribution in [0.1, 0.15) is 32.1 Å². The summed E-state index contributed by atoms with van der Waals surface area (Å²) in [6.45, 7) is 1.22. The van der Waals surface area contributed by atoms with Crippen molar-refractivity contribution in [2.45, 2.75) is 44.2 Å². The lowest BCUT2D eigenvalue weighted by Gasteiger charge is -2.34. The second-order valence-corrected chi connectivity index (χ2v) is 8.63. The molecule has 3 heterocycles. The second-order valence-electron chi connectivity index (χ2n) is 8.63. The number of nitrogens with zero attached hydrogens (tertiary/aromatic N) is 1. The molecular weight excluding hydrogens is 380 g/mol. The fraction of sp³-hybridized carbons (Fsp3) is 0.478. The lowest BCUT2D eigenvalue weighted by atomic mass is 9.93. The number of hydrogen-bond donors (Lipinski definition) is 3. The number of anilines is 1. The number of amides is 2. The molecule has 4 unspecified atom stereocenters. The van der Waals surface area contributed by atoms with Crippen LogP contribution in [0.25, 0.3) is 11.3 Å². The van der Waals surface area contributed by atoms with Crippen molar-refractivity contribution in [3.05, 3.63) is 42.7 Å². The zero-order valence-electron chi connectivity index (χ0n) is 17.0. The molecule has 158 valence electrons. The molecule has 1 aromatic heterocycles. The van der Waals surface area contributed by atoms with E-state index in [1.807, 2.05) is 41.3 Å². The number of piperidine rings is 1. The second kappa shape index (κ2) is 8.24. The number of nitrogens with one attached hydrogen (secondary N) is 3. The molecule has 3 N–H and O–H groups in total. The van der Waals surface area contributed by atoms with Crippen LogP contribution in [0.2, 0.25) is 0 Å². The van der Waals surface area contributed by atoms with Gasteiger partial charge in [-0.2, -0.15) is 0 Å². The van der Waals surface area contributed by atoms with Gasteiger partial charge in [-0.3, -0.25) is 15.0 Å². The SMILES string of the molecule is O=C(Nc1ccc(-c2ccco2)cc1)C1CCCN(C(=O)C2NNC3CCCC32)C1. The largest absolute Gasteiger partial charge is 0.464 e. The predicted octanol–water partition coefficient (Wildman–Crippen LogP) is 2.77. The average molecular weight is 409 g/mol. The Labute approximate surface area is 176 Å². The Morgan fingerprint density at radius 2 is 1.90 bits per heavy atom. The quantitative estimate of drug-likeness (QED) is 0.724. The first kappa shape index (κ1) is 19.3. The molecule has 3 fully saturated rings. The van der Waals surface area contributed by atoms with E-state index < -0.39 is 0 Å². The van der Waals surface area contributed by atoms with Gasteiger partial charge in [0.2, 0.25) is 11.8 Å². The molecule has 2 saturated heterocycles. The number of rotatable bonds is 4. The monoisotopic (exact) mass is 408 g/mol. The number of furan rings is 1. The molecule has 5 rings (SSSR count). The van der Waals surface area contributed by atoms with Gasteiger partial charge in [-0.25, -0.2) is 5.43 Å². The van der Waals surface area contributed by atoms with E-state index in [9.17, 15) is 9.59 Å². The molecule has 2 aromatic rings. The standard InChI is InChI=1S/C23H28N4O3/c28-22(24-17-10-8-15(9-11-17)20-7-3-13-30-20)16-4-2-12-27(14-16)23(29)21-18-5-1-6-19(18)25-26-21/h3,7-11,13,16,18-19,21,25-26H,1-2,4-6,12,14H2,(H,24,28). The number of hydrazine groups is 1. The third-order valence-electron chi connectivity index (χ3n) is 6.75. The highest BCUT2D eigenvalue weighted by Crippen LogP contribution is 2.33. The molecule has 0 bridgehead atoms. The molecule has 0 radical (unpaired) electrons. The number of hydrogen-bond acceptors (Lipinski definition) is 5. The van der Waals surface area contributed by atoms with Gasteiger partial charge in [0.15, 0.2) is 0 Å². The first-order chi connectivity index (χ1) is 14.7. The van der Waals surface area contributed by atoms with E-state index in [1.54, 1.807) is 6.26 Å². The molecule has 4 atom stereocenters. The van der Waals surface area contributed by atoms with Gasteiger partial charge < -0.3 is 14.6 Å². The summed E-state index contributed by atoms with van der Waals surface area (Å²) in [5, 5.41) is 3.01. The van der Waals surface area contributed by atoms with Crippen LogP contribution in [0, 0.1) is 11.8 Å². The highest BCUT2D eigenvalue weighted by Gasteiger charge is 2.44. The number of carbonyl (C=O) groups excluding carboxylic acids is 2. The van der Waals surface area contributed by atoms with Crippen molar-refractivity contribution in [3.63, 3.8) is 0 Å². The molecule has 2 aliphatic heterocycles. The van der Waals surface area contributed by atoms with Gasteiger partial charge in [-0.05, 0) is 62.1 Å². The maximum absolute atomic E-state index is 13.1. The predicted molar refractivity (Wildman–Crippen MR) is 113 cm³/mol. The van der Waals surface area contributed by atoms with Crippen molar-refractivity contribution in [1.82, 2.24) is 15.8 Å². The Balaban J connectivity index is 1.19. The van der Waals surface area contributed by atoms with E-state index in [0.717, 1.165) is 49.2 Å². The van der Waals surface area contributed by atoms with Gasteiger partial charge in [0.1, 0.15) is 11.8 Å². The summed E-state index contributed by atoms with van der Waals surface area (Å²) in [6.07, 6.45) is 6.71. The Bertz CT molecular complexity index is 896. The Kier molecular flexibility index (Phi) is 5.31. The van der Waals surface area contributed by atoms with Crippen molar-refractivity contribution in [1.29, 1.82) is 0 Å². The topological polar surface area (TPSA) is 86.6 Å². The summed E-state index contributed by atoms with van der Waals surface area (Å²) in [5.74, 6) is 1.11. The normalized spacial score (nSPS) is 28.3. The summed E-state index contributed by atoms with van der Waals surface area (Å²) in [4.78, 5) is 27.8. The number of benzene rings is 1. The van der Waals surface area contributed by atoms with Crippen molar-refractivity contribution in [3.8, 4) is 11.3 Å². The van der Waals surface area contributed by atoms with Crippen molar-refractivity contribution in [2.24, 2.45) is 11.8 Å². The zero-order valence-corrected chi connectivity index (χ0v) is 17.0. The smallest absolute Gasteiger partial charge is 0.241 e. The van der Waals surface area contributed by atoms with Crippen LogP contribution in [0.15, 0.2) is 47.1 Å². The van der Waals surface area contributed by atoms with Crippen LogP contribution in [0.5, 0.6) is 0 Å².